The van der Waals surface area contributed by atoms with Gasteiger partial charge in [0.25, 0.3) is 0 Å². The number of hydrogen-bond donors (Lipinski definition) is 0. The molecule has 0 aromatic carbocycles. The number of carbonyl (C=O) groups excluding carboxylic acids is 1. The molecule has 0 radical (unpaired) electrons. The van der Waals surface area contributed by atoms with E-state index in [4.69, 9.17) is 4.74 Å². The Labute approximate surface area is 117 Å². The standard InChI is InChI=1S/C17H28O2/c1-11(2)15(18)19-17(6)14-10-8-7-9-13(14)12(3)16(17,4)5/h12-14H,1,7-10H2,2-6H3. The maximum atomic E-state index is 12.1. The van der Waals surface area contributed by atoms with Crippen molar-refractivity contribution in [3.63, 3.8) is 0 Å². The van der Waals surface area contributed by atoms with Crippen molar-refractivity contribution in [3.05, 3.63) is 12.2 Å². The average molecular weight is 264 g/mol. The third-order valence-corrected chi connectivity index (χ3v) is 6.24. The Bertz CT molecular complexity index is 396. The largest absolute Gasteiger partial charge is 0.455 e. The molecule has 4 atom stereocenters. The van der Waals surface area contributed by atoms with Crippen molar-refractivity contribution in [1.82, 2.24) is 0 Å². The summed E-state index contributed by atoms with van der Waals surface area (Å²) in [4.78, 5) is 12.1. The highest BCUT2D eigenvalue weighted by Gasteiger charge is 2.63. The van der Waals surface area contributed by atoms with E-state index >= 15 is 0 Å². The minimum atomic E-state index is -0.354. The topological polar surface area (TPSA) is 26.3 Å². The summed E-state index contributed by atoms with van der Waals surface area (Å²) in [5.74, 6) is 1.58. The van der Waals surface area contributed by atoms with Gasteiger partial charge in [-0.15, -0.1) is 0 Å². The highest BCUT2D eigenvalue weighted by molar-refractivity contribution is 5.87. The molecule has 0 aromatic heterocycles. The molecule has 2 aliphatic rings. The van der Waals surface area contributed by atoms with Crippen LogP contribution in [0.3, 0.4) is 0 Å². The summed E-state index contributed by atoms with van der Waals surface area (Å²) in [6.45, 7) is 14.5. The van der Waals surface area contributed by atoms with Crippen molar-refractivity contribution >= 4 is 5.97 Å². The minimum absolute atomic E-state index is 0.0256. The molecule has 0 amide bonds. The van der Waals surface area contributed by atoms with Crippen molar-refractivity contribution in [1.29, 1.82) is 0 Å². The Hall–Kier alpha value is -0.790. The van der Waals surface area contributed by atoms with Crippen LogP contribution in [-0.4, -0.2) is 11.6 Å². The SMILES string of the molecule is C=C(C)C(=O)OC1(C)C2CCCCC2C(C)C1(C)C. The first kappa shape index (κ1) is 14.6. The van der Waals surface area contributed by atoms with Gasteiger partial charge in [-0.2, -0.15) is 0 Å². The summed E-state index contributed by atoms with van der Waals surface area (Å²) < 4.78 is 5.98. The van der Waals surface area contributed by atoms with Crippen LogP contribution in [0.4, 0.5) is 0 Å². The molecule has 0 bridgehead atoms. The van der Waals surface area contributed by atoms with E-state index < -0.39 is 0 Å². The van der Waals surface area contributed by atoms with Crippen molar-refractivity contribution < 1.29 is 9.53 Å². The Kier molecular flexibility index (Phi) is 3.57. The Morgan fingerprint density at radius 1 is 1.21 bits per heavy atom. The summed E-state index contributed by atoms with van der Waals surface area (Å²) in [5, 5.41) is 0. The molecule has 4 unspecified atom stereocenters. The lowest BCUT2D eigenvalue weighted by Gasteiger charge is -2.43. The maximum Gasteiger partial charge on any atom is 0.333 e. The maximum absolute atomic E-state index is 12.1. The predicted octanol–water partition coefficient (Wildman–Crippen LogP) is 4.35. The van der Waals surface area contributed by atoms with Gasteiger partial charge in [0, 0.05) is 16.9 Å². The van der Waals surface area contributed by atoms with Crippen LogP contribution < -0.4 is 0 Å². The van der Waals surface area contributed by atoms with Gasteiger partial charge in [-0.05, 0) is 38.5 Å². The highest BCUT2D eigenvalue weighted by atomic mass is 16.6. The monoisotopic (exact) mass is 264 g/mol. The molecule has 0 aliphatic heterocycles. The second-order valence-electron chi connectivity index (χ2n) is 7.34. The number of ether oxygens (including phenoxy) is 1. The molecule has 2 saturated carbocycles. The van der Waals surface area contributed by atoms with Crippen molar-refractivity contribution in [3.8, 4) is 0 Å². The third kappa shape index (κ3) is 2.04. The number of rotatable bonds is 2. The summed E-state index contributed by atoms with van der Waals surface area (Å²) in [6, 6.07) is 0. The minimum Gasteiger partial charge on any atom is -0.455 e. The van der Waals surface area contributed by atoms with Crippen LogP contribution in [0.2, 0.25) is 0 Å². The van der Waals surface area contributed by atoms with E-state index in [1.165, 1.54) is 25.7 Å². The Morgan fingerprint density at radius 3 is 2.37 bits per heavy atom. The molecule has 2 rings (SSSR count). The number of esters is 1. The summed E-state index contributed by atoms with van der Waals surface area (Å²) in [5.41, 5.74) is 0.176. The second kappa shape index (κ2) is 4.64. The van der Waals surface area contributed by atoms with Crippen LogP contribution in [0.1, 0.15) is 60.3 Å². The van der Waals surface area contributed by atoms with Gasteiger partial charge in [0.1, 0.15) is 5.60 Å². The molecule has 108 valence electrons. The van der Waals surface area contributed by atoms with Crippen LogP contribution in [0.15, 0.2) is 12.2 Å². The number of fused-ring (bicyclic) bond motifs is 1. The fraction of sp³-hybridized carbons (Fsp3) is 0.824. The molecule has 0 aromatic rings. The van der Waals surface area contributed by atoms with E-state index in [1.54, 1.807) is 6.92 Å². The van der Waals surface area contributed by atoms with Crippen LogP contribution in [0.5, 0.6) is 0 Å². The van der Waals surface area contributed by atoms with Gasteiger partial charge in [0.2, 0.25) is 0 Å². The quantitative estimate of drug-likeness (QED) is 0.547. The van der Waals surface area contributed by atoms with Gasteiger partial charge in [-0.1, -0.05) is 40.2 Å². The van der Waals surface area contributed by atoms with E-state index in [-0.39, 0.29) is 17.0 Å². The summed E-state index contributed by atoms with van der Waals surface area (Å²) in [6.07, 6.45) is 5.07. The van der Waals surface area contributed by atoms with Gasteiger partial charge in [-0.25, -0.2) is 4.79 Å². The van der Waals surface area contributed by atoms with E-state index in [0.717, 1.165) is 0 Å². The van der Waals surface area contributed by atoms with E-state index in [2.05, 4.69) is 34.3 Å². The molecular weight excluding hydrogens is 236 g/mol. The third-order valence-electron chi connectivity index (χ3n) is 6.24. The molecule has 0 spiro atoms. The van der Waals surface area contributed by atoms with Crippen LogP contribution in [0, 0.1) is 23.2 Å². The van der Waals surface area contributed by atoms with Gasteiger partial charge >= 0.3 is 5.97 Å². The lowest BCUT2D eigenvalue weighted by molar-refractivity contribution is -0.172. The molecule has 0 heterocycles. The number of carbonyl (C=O) groups is 1. The zero-order chi connectivity index (χ0) is 14.4. The molecule has 2 fully saturated rings. The predicted molar refractivity (Wildman–Crippen MR) is 77.7 cm³/mol. The first-order valence-electron chi connectivity index (χ1n) is 7.60. The van der Waals surface area contributed by atoms with Gasteiger partial charge < -0.3 is 4.74 Å². The average Bonchev–Trinajstić information content (AvgIpc) is 2.50. The van der Waals surface area contributed by atoms with Gasteiger partial charge in [0.15, 0.2) is 0 Å². The van der Waals surface area contributed by atoms with Crippen molar-refractivity contribution in [2.45, 2.75) is 65.9 Å². The lowest BCUT2D eigenvalue weighted by Crippen LogP contribution is -2.48. The van der Waals surface area contributed by atoms with E-state index in [1.807, 2.05) is 0 Å². The highest BCUT2D eigenvalue weighted by Crippen LogP contribution is 2.62. The van der Waals surface area contributed by atoms with E-state index in [9.17, 15) is 4.79 Å². The lowest BCUT2D eigenvalue weighted by atomic mass is 9.71. The number of hydrogen-bond acceptors (Lipinski definition) is 2. The molecule has 0 saturated heterocycles. The van der Waals surface area contributed by atoms with Crippen LogP contribution >= 0.6 is 0 Å². The van der Waals surface area contributed by atoms with Crippen molar-refractivity contribution in [2.75, 3.05) is 0 Å². The normalized spacial score (nSPS) is 40.6. The first-order chi connectivity index (χ1) is 8.72. The van der Waals surface area contributed by atoms with Gasteiger partial charge in [-0.3, -0.25) is 0 Å². The molecule has 19 heavy (non-hydrogen) atoms. The summed E-state index contributed by atoms with van der Waals surface area (Å²) >= 11 is 0. The summed E-state index contributed by atoms with van der Waals surface area (Å²) in [7, 11) is 0. The second-order valence-corrected chi connectivity index (χ2v) is 7.34. The Balaban J connectivity index is 2.34. The van der Waals surface area contributed by atoms with E-state index in [0.29, 0.717) is 23.3 Å². The van der Waals surface area contributed by atoms with Crippen molar-refractivity contribution in [2.24, 2.45) is 23.2 Å². The molecule has 0 N–H and O–H groups in total. The fourth-order valence-corrected chi connectivity index (χ4v) is 4.39. The molecule has 2 heteroatoms. The zero-order valence-corrected chi connectivity index (χ0v) is 13.1. The molecule has 2 nitrogen and oxygen atoms in total. The molecule has 2 aliphatic carbocycles. The van der Waals surface area contributed by atoms with Crippen LogP contribution in [0.25, 0.3) is 0 Å². The van der Waals surface area contributed by atoms with Gasteiger partial charge in [0.05, 0.1) is 0 Å². The van der Waals surface area contributed by atoms with Crippen LogP contribution in [-0.2, 0) is 9.53 Å². The molecular formula is C17H28O2. The zero-order valence-electron chi connectivity index (χ0n) is 13.1. The first-order valence-corrected chi connectivity index (χ1v) is 7.60. The Morgan fingerprint density at radius 2 is 1.79 bits per heavy atom. The smallest absolute Gasteiger partial charge is 0.333 e. The fourth-order valence-electron chi connectivity index (χ4n) is 4.39.